The first-order valence-electron chi connectivity index (χ1n) is 8.55. The molecular formula is C16H31N3O2. The molecule has 21 heavy (non-hydrogen) atoms. The number of aliphatic hydroxyl groups is 1. The van der Waals surface area contributed by atoms with Crippen molar-refractivity contribution in [3.05, 3.63) is 0 Å². The molecule has 0 bridgehead atoms. The first-order chi connectivity index (χ1) is 10.1. The van der Waals surface area contributed by atoms with Crippen LogP contribution in [0, 0.1) is 11.8 Å². The van der Waals surface area contributed by atoms with E-state index in [1.807, 2.05) is 0 Å². The minimum atomic E-state index is -0.476. The molecule has 1 unspecified atom stereocenters. The first kappa shape index (κ1) is 16.6. The predicted octanol–water partition coefficient (Wildman–Crippen LogP) is 1.57. The number of carbonyl (C=O) groups excluding carboxylic acids is 1. The topological polar surface area (TPSA) is 64.6 Å². The second-order valence-electron chi connectivity index (χ2n) is 6.86. The summed E-state index contributed by atoms with van der Waals surface area (Å²) in [5.74, 6) is 1.62. The van der Waals surface area contributed by atoms with Crippen molar-refractivity contribution in [2.24, 2.45) is 11.8 Å². The van der Waals surface area contributed by atoms with Crippen LogP contribution in [0.1, 0.15) is 45.4 Å². The van der Waals surface area contributed by atoms with Crippen LogP contribution in [0.2, 0.25) is 0 Å². The molecule has 0 aromatic heterocycles. The molecule has 0 spiro atoms. The van der Waals surface area contributed by atoms with Crippen LogP contribution >= 0.6 is 0 Å². The molecule has 5 heteroatoms. The zero-order valence-electron chi connectivity index (χ0n) is 13.3. The summed E-state index contributed by atoms with van der Waals surface area (Å²) in [6, 6.07) is -0.152. The van der Waals surface area contributed by atoms with Gasteiger partial charge in [0, 0.05) is 19.6 Å². The van der Waals surface area contributed by atoms with E-state index >= 15 is 0 Å². The van der Waals surface area contributed by atoms with E-state index in [0.29, 0.717) is 13.1 Å². The molecule has 0 aromatic carbocycles. The molecule has 0 radical (unpaired) electrons. The number of amides is 2. The normalized spacial score (nSPS) is 22.6. The van der Waals surface area contributed by atoms with Gasteiger partial charge in [-0.05, 0) is 44.2 Å². The highest BCUT2D eigenvalue weighted by atomic mass is 16.3. The number of piperidine rings is 1. The maximum Gasteiger partial charge on any atom is 0.314 e. The molecule has 0 aromatic rings. The number of aliphatic hydroxyl groups excluding tert-OH is 1. The molecule has 2 amide bonds. The summed E-state index contributed by atoms with van der Waals surface area (Å²) in [7, 11) is 0. The van der Waals surface area contributed by atoms with E-state index in [2.05, 4.69) is 22.5 Å². The van der Waals surface area contributed by atoms with Crippen LogP contribution in [-0.2, 0) is 0 Å². The Balaban J connectivity index is 1.49. The van der Waals surface area contributed by atoms with Crippen LogP contribution in [-0.4, -0.2) is 54.9 Å². The third kappa shape index (κ3) is 6.22. The standard InChI is InChI=1S/C16H31N3O2/c1-13-6-9-19(10-7-13)12-15(20)11-18-16(21)17-8-5-14-3-2-4-14/h13-15,20H,2-12H2,1H3,(H2,17,18,21). The van der Waals surface area contributed by atoms with Gasteiger partial charge in [-0.1, -0.05) is 26.2 Å². The van der Waals surface area contributed by atoms with Gasteiger partial charge < -0.3 is 20.6 Å². The Hall–Kier alpha value is -0.810. The van der Waals surface area contributed by atoms with E-state index in [1.165, 1.54) is 32.1 Å². The average molecular weight is 297 g/mol. The molecule has 1 saturated carbocycles. The van der Waals surface area contributed by atoms with Gasteiger partial charge in [0.25, 0.3) is 0 Å². The second kappa shape index (κ2) is 8.59. The largest absolute Gasteiger partial charge is 0.390 e. The number of hydrogen-bond acceptors (Lipinski definition) is 3. The second-order valence-corrected chi connectivity index (χ2v) is 6.86. The molecule has 3 N–H and O–H groups in total. The van der Waals surface area contributed by atoms with E-state index in [0.717, 1.165) is 37.9 Å². The number of nitrogens with zero attached hydrogens (tertiary/aromatic N) is 1. The zero-order chi connectivity index (χ0) is 15.1. The Morgan fingerprint density at radius 3 is 2.57 bits per heavy atom. The molecular weight excluding hydrogens is 266 g/mol. The van der Waals surface area contributed by atoms with Crippen molar-refractivity contribution < 1.29 is 9.90 Å². The van der Waals surface area contributed by atoms with Crippen LogP contribution in [0.4, 0.5) is 4.79 Å². The Labute approximate surface area is 128 Å². The van der Waals surface area contributed by atoms with Crippen LogP contribution in [0.3, 0.4) is 0 Å². The zero-order valence-corrected chi connectivity index (χ0v) is 13.3. The van der Waals surface area contributed by atoms with Crippen molar-refractivity contribution in [2.75, 3.05) is 32.7 Å². The summed E-state index contributed by atoms with van der Waals surface area (Å²) < 4.78 is 0. The van der Waals surface area contributed by atoms with Gasteiger partial charge in [0.05, 0.1) is 6.10 Å². The molecule has 2 aliphatic rings. The fraction of sp³-hybridized carbons (Fsp3) is 0.938. The van der Waals surface area contributed by atoms with Crippen molar-refractivity contribution in [2.45, 2.75) is 51.6 Å². The van der Waals surface area contributed by atoms with Crippen LogP contribution in [0.25, 0.3) is 0 Å². The van der Waals surface area contributed by atoms with Crippen molar-refractivity contribution in [1.82, 2.24) is 15.5 Å². The van der Waals surface area contributed by atoms with E-state index in [-0.39, 0.29) is 6.03 Å². The van der Waals surface area contributed by atoms with Crippen molar-refractivity contribution >= 4 is 6.03 Å². The maximum atomic E-state index is 11.6. The monoisotopic (exact) mass is 297 g/mol. The maximum absolute atomic E-state index is 11.6. The number of β-amino-alcohol motifs (C(OH)–C–C–N with tert-alkyl or cyclic N) is 1. The quantitative estimate of drug-likeness (QED) is 0.668. The summed E-state index contributed by atoms with van der Waals surface area (Å²) in [6.07, 6.45) is 7.01. The molecule has 1 atom stereocenters. The molecule has 1 heterocycles. The fourth-order valence-corrected chi connectivity index (χ4v) is 3.05. The molecule has 2 rings (SSSR count). The van der Waals surface area contributed by atoms with Gasteiger partial charge in [-0.3, -0.25) is 0 Å². The molecule has 2 fully saturated rings. The van der Waals surface area contributed by atoms with E-state index in [1.54, 1.807) is 0 Å². The van der Waals surface area contributed by atoms with Crippen LogP contribution < -0.4 is 10.6 Å². The Bertz CT molecular complexity index is 313. The highest BCUT2D eigenvalue weighted by Crippen LogP contribution is 2.28. The number of nitrogens with one attached hydrogen (secondary N) is 2. The number of carbonyl (C=O) groups is 1. The smallest absolute Gasteiger partial charge is 0.314 e. The summed E-state index contributed by atoms with van der Waals surface area (Å²) in [5.41, 5.74) is 0. The third-order valence-corrected chi connectivity index (χ3v) is 4.91. The van der Waals surface area contributed by atoms with Gasteiger partial charge in [-0.25, -0.2) is 4.79 Å². The Morgan fingerprint density at radius 2 is 1.95 bits per heavy atom. The van der Waals surface area contributed by atoms with Gasteiger partial charge in [0.2, 0.25) is 0 Å². The van der Waals surface area contributed by atoms with Gasteiger partial charge in [-0.15, -0.1) is 0 Å². The Morgan fingerprint density at radius 1 is 1.24 bits per heavy atom. The average Bonchev–Trinajstić information content (AvgIpc) is 2.42. The van der Waals surface area contributed by atoms with E-state index in [4.69, 9.17) is 0 Å². The van der Waals surface area contributed by atoms with E-state index < -0.39 is 6.10 Å². The highest BCUT2D eigenvalue weighted by Gasteiger charge is 2.19. The number of likely N-dealkylation sites (tertiary alicyclic amines) is 1. The van der Waals surface area contributed by atoms with Crippen molar-refractivity contribution in [3.8, 4) is 0 Å². The summed E-state index contributed by atoms with van der Waals surface area (Å²) in [4.78, 5) is 13.9. The lowest BCUT2D eigenvalue weighted by molar-refractivity contribution is 0.0920. The van der Waals surface area contributed by atoms with Gasteiger partial charge in [0.1, 0.15) is 0 Å². The van der Waals surface area contributed by atoms with E-state index in [9.17, 15) is 9.90 Å². The lowest BCUT2D eigenvalue weighted by Crippen LogP contribution is -2.45. The van der Waals surface area contributed by atoms with Crippen molar-refractivity contribution in [3.63, 3.8) is 0 Å². The lowest BCUT2D eigenvalue weighted by Gasteiger charge is -2.31. The SMILES string of the molecule is CC1CCN(CC(O)CNC(=O)NCCC2CCC2)CC1. The number of urea groups is 1. The molecule has 1 aliphatic carbocycles. The lowest BCUT2D eigenvalue weighted by atomic mass is 9.83. The minimum absolute atomic E-state index is 0.152. The predicted molar refractivity (Wildman–Crippen MR) is 84.2 cm³/mol. The third-order valence-electron chi connectivity index (χ3n) is 4.91. The summed E-state index contributed by atoms with van der Waals surface area (Å²) in [6.45, 7) is 6.15. The van der Waals surface area contributed by atoms with Crippen molar-refractivity contribution in [1.29, 1.82) is 0 Å². The van der Waals surface area contributed by atoms with Gasteiger partial charge in [-0.2, -0.15) is 0 Å². The fourth-order valence-electron chi connectivity index (χ4n) is 3.05. The number of rotatable bonds is 7. The molecule has 1 aliphatic heterocycles. The minimum Gasteiger partial charge on any atom is -0.390 e. The summed E-state index contributed by atoms with van der Waals surface area (Å²) >= 11 is 0. The molecule has 5 nitrogen and oxygen atoms in total. The van der Waals surface area contributed by atoms with Crippen LogP contribution in [0.5, 0.6) is 0 Å². The summed E-state index contributed by atoms with van der Waals surface area (Å²) in [5, 5.41) is 15.6. The Kier molecular flexibility index (Phi) is 6.77. The molecule has 122 valence electrons. The number of hydrogen-bond donors (Lipinski definition) is 3. The molecule has 1 saturated heterocycles. The van der Waals surface area contributed by atoms with Crippen LogP contribution in [0.15, 0.2) is 0 Å². The first-order valence-corrected chi connectivity index (χ1v) is 8.55. The van der Waals surface area contributed by atoms with Gasteiger partial charge in [0.15, 0.2) is 0 Å². The highest BCUT2D eigenvalue weighted by molar-refractivity contribution is 5.73. The van der Waals surface area contributed by atoms with Gasteiger partial charge >= 0.3 is 6.03 Å².